The first-order valence-electron chi connectivity index (χ1n) is 7.30. The maximum atomic E-state index is 9.06. The van der Waals surface area contributed by atoms with Crippen molar-refractivity contribution in [1.82, 2.24) is 4.98 Å². The zero-order valence-corrected chi connectivity index (χ0v) is 12.3. The van der Waals surface area contributed by atoms with Gasteiger partial charge in [0.05, 0.1) is 6.61 Å². The number of anilines is 1. The Labute approximate surface area is 128 Å². The van der Waals surface area contributed by atoms with E-state index < -0.39 is 0 Å². The molecule has 0 amide bonds. The van der Waals surface area contributed by atoms with Crippen LogP contribution < -0.4 is 14.8 Å². The third-order valence-corrected chi connectivity index (χ3v) is 3.19. The van der Waals surface area contributed by atoms with Crippen molar-refractivity contribution < 1.29 is 13.9 Å². The Hall–Kier alpha value is -2.68. The molecule has 1 fully saturated rings. The predicted octanol–water partition coefficient (Wildman–Crippen LogP) is 3.10. The van der Waals surface area contributed by atoms with Crippen molar-refractivity contribution in [3.05, 3.63) is 35.9 Å². The topological polar surface area (TPSA) is 80.3 Å². The summed E-state index contributed by atoms with van der Waals surface area (Å²) in [7, 11) is 0. The second-order valence-electron chi connectivity index (χ2n) is 5.01. The molecule has 1 aliphatic carbocycles. The maximum absolute atomic E-state index is 9.06. The summed E-state index contributed by atoms with van der Waals surface area (Å²) in [6.45, 7) is 2.74. The minimum atomic E-state index is 0.176. The number of hydrogen-bond donors (Lipinski definition) is 1. The van der Waals surface area contributed by atoms with Crippen LogP contribution in [-0.2, 0) is 6.61 Å². The Morgan fingerprint density at radius 2 is 1.95 bits per heavy atom. The Bertz CT molecular complexity index is 669. The van der Waals surface area contributed by atoms with Crippen LogP contribution in [0.15, 0.2) is 28.7 Å². The first-order valence-corrected chi connectivity index (χ1v) is 7.30. The van der Waals surface area contributed by atoms with Gasteiger partial charge in [0.1, 0.15) is 17.6 Å². The highest BCUT2D eigenvalue weighted by atomic mass is 16.5. The molecule has 3 rings (SSSR count). The molecule has 1 aromatic carbocycles. The van der Waals surface area contributed by atoms with Crippen molar-refractivity contribution in [2.75, 3.05) is 11.9 Å². The molecule has 6 heteroatoms. The smallest absolute Gasteiger partial charge is 0.236 e. The molecule has 1 N–H and O–H groups in total. The maximum Gasteiger partial charge on any atom is 0.236 e. The number of nitrogens with zero attached hydrogens (tertiary/aromatic N) is 2. The fourth-order valence-electron chi connectivity index (χ4n) is 1.96. The van der Waals surface area contributed by atoms with Gasteiger partial charge in [0.2, 0.25) is 17.5 Å². The van der Waals surface area contributed by atoms with E-state index in [9.17, 15) is 0 Å². The Morgan fingerprint density at radius 3 is 2.55 bits per heavy atom. The Kier molecular flexibility index (Phi) is 4.15. The number of nitrogens with one attached hydrogen (secondary N) is 1. The molecule has 0 atom stereocenters. The van der Waals surface area contributed by atoms with Crippen LogP contribution in [0.5, 0.6) is 11.5 Å². The highest BCUT2D eigenvalue weighted by Gasteiger charge is 2.25. The minimum absolute atomic E-state index is 0.176. The molecular formula is C16H17N3O3. The van der Waals surface area contributed by atoms with Gasteiger partial charge in [-0.25, -0.2) is 0 Å². The molecular weight excluding hydrogens is 282 g/mol. The lowest BCUT2D eigenvalue weighted by Crippen LogP contribution is -2.00. The first-order chi connectivity index (χ1) is 10.8. The third kappa shape index (κ3) is 3.50. The van der Waals surface area contributed by atoms with Crippen LogP contribution in [0.2, 0.25) is 0 Å². The van der Waals surface area contributed by atoms with Crippen molar-refractivity contribution in [3.63, 3.8) is 0 Å². The molecule has 0 bridgehead atoms. The zero-order chi connectivity index (χ0) is 15.4. The summed E-state index contributed by atoms with van der Waals surface area (Å²) < 4.78 is 16.5. The second kappa shape index (κ2) is 6.39. The predicted molar refractivity (Wildman–Crippen MR) is 79.8 cm³/mol. The molecule has 22 heavy (non-hydrogen) atoms. The van der Waals surface area contributed by atoms with Gasteiger partial charge in [-0.1, -0.05) is 0 Å². The van der Waals surface area contributed by atoms with E-state index in [2.05, 4.69) is 10.3 Å². The highest BCUT2D eigenvalue weighted by Crippen LogP contribution is 2.27. The van der Waals surface area contributed by atoms with E-state index in [1.807, 2.05) is 37.3 Å². The van der Waals surface area contributed by atoms with Crippen molar-refractivity contribution in [2.45, 2.75) is 32.4 Å². The molecule has 0 radical (unpaired) electrons. The van der Waals surface area contributed by atoms with E-state index in [0.717, 1.165) is 18.6 Å². The van der Waals surface area contributed by atoms with E-state index in [1.54, 1.807) is 0 Å². The molecule has 2 aromatic rings. The van der Waals surface area contributed by atoms with E-state index >= 15 is 0 Å². The molecule has 1 aliphatic rings. The molecule has 1 saturated carbocycles. The summed E-state index contributed by atoms with van der Waals surface area (Å²) in [5.74, 6) is 2.31. The first kappa shape index (κ1) is 14.3. The van der Waals surface area contributed by atoms with Gasteiger partial charge >= 0.3 is 0 Å². The van der Waals surface area contributed by atoms with E-state index in [-0.39, 0.29) is 12.3 Å². The summed E-state index contributed by atoms with van der Waals surface area (Å²) in [6, 6.07) is 9.76. The molecule has 6 nitrogen and oxygen atoms in total. The summed E-state index contributed by atoms with van der Waals surface area (Å²) in [5.41, 5.74) is 0.275. The van der Waals surface area contributed by atoms with Gasteiger partial charge in [0.15, 0.2) is 6.61 Å². The van der Waals surface area contributed by atoms with Gasteiger partial charge in [-0.15, -0.1) is 0 Å². The van der Waals surface area contributed by atoms with Crippen LogP contribution in [0, 0.1) is 11.3 Å². The summed E-state index contributed by atoms with van der Waals surface area (Å²) in [6.07, 6.45) is 2.20. The zero-order valence-electron chi connectivity index (χ0n) is 12.3. The van der Waals surface area contributed by atoms with Crippen LogP contribution in [0.1, 0.15) is 31.4 Å². The number of ether oxygens (including phenoxy) is 2. The number of benzene rings is 1. The monoisotopic (exact) mass is 299 g/mol. The fraction of sp³-hybridized carbons (Fsp3) is 0.375. The quantitative estimate of drug-likeness (QED) is 0.846. The van der Waals surface area contributed by atoms with Gasteiger partial charge in [0, 0.05) is 6.04 Å². The van der Waals surface area contributed by atoms with Crippen LogP contribution in [0.25, 0.3) is 0 Å². The molecule has 1 aromatic heterocycles. The fourth-order valence-corrected chi connectivity index (χ4v) is 1.96. The number of nitriles is 1. The Balaban J connectivity index is 1.60. The SMILES string of the molecule is CCOc1ccc(OCc2nc(C#N)c(NC3CC3)o2)cc1. The van der Waals surface area contributed by atoms with Crippen molar-refractivity contribution in [3.8, 4) is 17.6 Å². The average molecular weight is 299 g/mol. The molecule has 0 unspecified atom stereocenters. The Morgan fingerprint density at radius 1 is 1.27 bits per heavy atom. The standard InChI is InChI=1S/C16H17N3O3/c1-2-20-12-5-7-13(8-6-12)21-10-15-19-14(9-17)16(22-15)18-11-3-4-11/h5-8,11,18H,2-4,10H2,1H3. The highest BCUT2D eigenvalue weighted by molar-refractivity contribution is 5.46. The van der Waals surface area contributed by atoms with Gasteiger partial charge < -0.3 is 19.2 Å². The third-order valence-electron chi connectivity index (χ3n) is 3.19. The molecule has 114 valence electrons. The minimum Gasteiger partial charge on any atom is -0.494 e. The van der Waals surface area contributed by atoms with Crippen LogP contribution >= 0.6 is 0 Å². The van der Waals surface area contributed by atoms with Gasteiger partial charge in [0.25, 0.3) is 0 Å². The van der Waals surface area contributed by atoms with Crippen molar-refractivity contribution >= 4 is 5.88 Å². The summed E-state index contributed by atoms with van der Waals surface area (Å²) in [4.78, 5) is 4.13. The van der Waals surface area contributed by atoms with Crippen LogP contribution in [0.4, 0.5) is 5.88 Å². The molecule has 0 aliphatic heterocycles. The van der Waals surface area contributed by atoms with Crippen molar-refractivity contribution in [1.29, 1.82) is 5.26 Å². The molecule has 0 spiro atoms. The van der Waals surface area contributed by atoms with Crippen LogP contribution in [-0.4, -0.2) is 17.6 Å². The number of oxazole rings is 1. The van der Waals surface area contributed by atoms with Gasteiger partial charge in [-0.05, 0) is 44.0 Å². The number of aromatic nitrogens is 1. The summed E-state index contributed by atoms with van der Waals surface area (Å²) >= 11 is 0. The molecule has 1 heterocycles. The van der Waals surface area contributed by atoms with E-state index in [1.165, 1.54) is 0 Å². The largest absolute Gasteiger partial charge is 0.494 e. The number of hydrogen-bond acceptors (Lipinski definition) is 6. The van der Waals surface area contributed by atoms with Gasteiger partial charge in [-0.3, -0.25) is 0 Å². The lowest BCUT2D eigenvalue weighted by atomic mass is 10.3. The summed E-state index contributed by atoms with van der Waals surface area (Å²) in [5, 5.41) is 12.2. The van der Waals surface area contributed by atoms with Crippen LogP contribution in [0.3, 0.4) is 0 Å². The average Bonchev–Trinajstić information content (AvgIpc) is 3.26. The van der Waals surface area contributed by atoms with Crippen molar-refractivity contribution in [2.24, 2.45) is 0 Å². The lowest BCUT2D eigenvalue weighted by molar-refractivity contribution is 0.264. The second-order valence-corrected chi connectivity index (χ2v) is 5.01. The van der Waals surface area contributed by atoms with E-state index in [4.69, 9.17) is 19.2 Å². The normalized spacial score (nSPS) is 13.5. The van der Waals surface area contributed by atoms with E-state index in [0.29, 0.717) is 30.2 Å². The van der Waals surface area contributed by atoms with Gasteiger partial charge in [-0.2, -0.15) is 10.2 Å². The lowest BCUT2D eigenvalue weighted by Gasteiger charge is -2.05. The number of rotatable bonds is 7. The molecule has 0 saturated heterocycles.